The highest BCUT2D eigenvalue weighted by molar-refractivity contribution is 6.02. The molecule has 0 bridgehead atoms. The molecule has 3 aromatic rings. The molecule has 9 nitrogen and oxygen atoms in total. The van der Waals surface area contributed by atoms with Crippen molar-refractivity contribution in [2.75, 3.05) is 52.2 Å². The van der Waals surface area contributed by atoms with Gasteiger partial charge in [0.15, 0.2) is 11.5 Å². The van der Waals surface area contributed by atoms with Gasteiger partial charge in [0.2, 0.25) is 0 Å². The molecule has 0 spiro atoms. The zero-order chi connectivity index (χ0) is 25.8. The Labute approximate surface area is 215 Å². The van der Waals surface area contributed by atoms with Gasteiger partial charge in [0, 0.05) is 32.0 Å². The van der Waals surface area contributed by atoms with Gasteiger partial charge in [-0.2, -0.15) is 0 Å². The first-order valence-electron chi connectivity index (χ1n) is 12.1. The largest absolute Gasteiger partial charge is 0.487 e. The van der Waals surface area contributed by atoms with Gasteiger partial charge in [-0.25, -0.2) is 0 Å². The van der Waals surface area contributed by atoms with Gasteiger partial charge in [-0.3, -0.25) is 14.7 Å². The van der Waals surface area contributed by atoms with Crippen molar-refractivity contribution in [1.29, 1.82) is 0 Å². The van der Waals surface area contributed by atoms with E-state index in [2.05, 4.69) is 21.9 Å². The second-order valence-corrected chi connectivity index (χ2v) is 8.67. The molecule has 9 heteroatoms. The topological polar surface area (TPSA) is 98.8 Å². The zero-order valence-corrected chi connectivity index (χ0v) is 21.0. The summed E-state index contributed by atoms with van der Waals surface area (Å²) in [6.07, 6.45) is 0. The van der Waals surface area contributed by atoms with Crippen LogP contribution in [0.1, 0.15) is 15.9 Å². The number of hydrogen-bond acceptors (Lipinski definition) is 8. The Kier molecular flexibility index (Phi) is 7.25. The second kappa shape index (κ2) is 10.9. The number of nitrogens with zero attached hydrogens (tertiary/aromatic N) is 3. The van der Waals surface area contributed by atoms with E-state index in [9.17, 15) is 4.79 Å². The van der Waals surface area contributed by atoms with Crippen molar-refractivity contribution < 1.29 is 23.7 Å². The van der Waals surface area contributed by atoms with E-state index in [0.717, 1.165) is 27.6 Å². The molecule has 2 aliphatic heterocycles. The van der Waals surface area contributed by atoms with Crippen LogP contribution < -0.4 is 30.7 Å². The van der Waals surface area contributed by atoms with E-state index in [1.165, 1.54) is 0 Å². The number of anilines is 2. The van der Waals surface area contributed by atoms with Crippen molar-refractivity contribution in [3.05, 3.63) is 82.4 Å². The van der Waals surface area contributed by atoms with Crippen LogP contribution >= 0.6 is 0 Å². The molecule has 0 aliphatic carbocycles. The van der Waals surface area contributed by atoms with Gasteiger partial charge in [-0.05, 0) is 29.8 Å². The van der Waals surface area contributed by atoms with Gasteiger partial charge >= 0.3 is 0 Å². The van der Waals surface area contributed by atoms with Crippen molar-refractivity contribution in [3.8, 4) is 11.5 Å². The lowest BCUT2D eigenvalue weighted by Gasteiger charge is -2.42. The molecule has 2 heterocycles. The number of fused-ring (bicyclic) bond motifs is 3. The Morgan fingerprint density at radius 1 is 0.892 bits per heavy atom. The lowest BCUT2D eigenvalue weighted by atomic mass is 10.0. The van der Waals surface area contributed by atoms with E-state index >= 15 is 0 Å². The third-order valence-electron chi connectivity index (χ3n) is 6.32. The number of primary amides is 1. The number of nitrogens with two attached hydrogens (primary N) is 1. The predicted octanol–water partition coefficient (Wildman–Crippen LogP) is 2.15. The molecule has 1 amide bonds. The molecule has 0 unspecified atom stereocenters. The Balaban J connectivity index is 1.75. The molecule has 2 aliphatic rings. The highest BCUT2D eigenvalue weighted by atomic mass is 16.5. The van der Waals surface area contributed by atoms with E-state index in [1.54, 1.807) is 20.3 Å². The first-order valence-corrected chi connectivity index (χ1v) is 12.1. The number of hydrogen-bond donors (Lipinski definition) is 1. The summed E-state index contributed by atoms with van der Waals surface area (Å²) in [6.45, 7) is 2.76. The molecule has 2 N–H and O–H groups in total. The number of methoxy groups -OCH3 is 2. The second-order valence-electron chi connectivity index (χ2n) is 8.67. The van der Waals surface area contributed by atoms with Crippen molar-refractivity contribution in [2.24, 2.45) is 10.7 Å². The summed E-state index contributed by atoms with van der Waals surface area (Å²) < 4.78 is 22.4. The van der Waals surface area contributed by atoms with E-state index in [1.807, 2.05) is 42.5 Å². The minimum atomic E-state index is -0.489. The fraction of sp³-hybridized carbons (Fsp3) is 0.286. The molecule has 0 atom stereocenters. The molecular weight excluding hydrogens is 472 g/mol. The smallest absolute Gasteiger partial charge is 0.250 e. The molecule has 192 valence electrons. The van der Waals surface area contributed by atoms with Gasteiger partial charge < -0.3 is 29.6 Å². The van der Waals surface area contributed by atoms with Crippen LogP contribution in [0.3, 0.4) is 0 Å². The Hall–Kier alpha value is -4.08. The van der Waals surface area contributed by atoms with Crippen LogP contribution in [-0.2, 0) is 16.0 Å². The van der Waals surface area contributed by atoms with Crippen LogP contribution in [-0.4, -0.2) is 58.1 Å². The first kappa shape index (κ1) is 24.6. The highest BCUT2D eigenvalue weighted by Gasteiger charge is 2.32. The normalized spacial score (nSPS) is 13.8. The molecule has 37 heavy (non-hydrogen) atoms. The number of rotatable bonds is 10. The summed E-state index contributed by atoms with van der Waals surface area (Å²) in [5.41, 5.74) is 9.06. The van der Waals surface area contributed by atoms with Crippen LogP contribution in [0.4, 0.5) is 11.4 Å². The van der Waals surface area contributed by atoms with E-state index in [4.69, 9.17) is 29.7 Å². The standard InChI is InChI=1S/C28H30N4O5/c1-34-11-13-36-25-15-21-22(16-26(25)37-14-12-35-2)30-18-31-17-19-7-3-5-9-23(19)32(28(21)31)24-10-6-4-8-20(24)27(29)33/h3-10,15-16H,11-14,17-18H2,1-2H3,(H2,29,33). The molecule has 0 saturated heterocycles. The minimum absolute atomic E-state index is 0.364. The van der Waals surface area contributed by atoms with Gasteiger partial charge in [0.25, 0.3) is 5.91 Å². The maximum atomic E-state index is 12.4. The van der Waals surface area contributed by atoms with Gasteiger partial charge in [-0.15, -0.1) is 0 Å². The molecule has 0 saturated carbocycles. The van der Waals surface area contributed by atoms with E-state index in [-0.39, 0.29) is 0 Å². The summed E-state index contributed by atoms with van der Waals surface area (Å²) in [7, 11) is 3.26. The van der Waals surface area contributed by atoms with Crippen molar-refractivity contribution >= 4 is 23.1 Å². The number of benzene rings is 3. The van der Waals surface area contributed by atoms with Gasteiger partial charge in [0.05, 0.1) is 35.5 Å². The fourth-order valence-electron chi connectivity index (χ4n) is 4.64. The van der Waals surface area contributed by atoms with Crippen LogP contribution in [0.25, 0.3) is 5.82 Å². The molecule has 0 radical (unpaired) electrons. The average Bonchev–Trinajstić information content (AvgIpc) is 2.92. The molecular formula is C28H30N4O5. The predicted molar refractivity (Wildman–Crippen MR) is 139 cm³/mol. The van der Waals surface area contributed by atoms with Crippen molar-refractivity contribution in [3.63, 3.8) is 0 Å². The first-order chi connectivity index (χ1) is 18.1. The summed E-state index contributed by atoms with van der Waals surface area (Å²) >= 11 is 0. The SMILES string of the molecule is COCCOc1cc2c(cc1OCCOC)=C1N(CN=2)Cc2ccccc2N1c1ccccc1C(N)=O. The lowest BCUT2D eigenvalue weighted by molar-refractivity contribution is 0.100. The molecule has 0 aromatic heterocycles. The fourth-order valence-corrected chi connectivity index (χ4v) is 4.64. The maximum absolute atomic E-state index is 12.4. The average molecular weight is 503 g/mol. The third-order valence-corrected chi connectivity index (χ3v) is 6.32. The summed E-state index contributed by atoms with van der Waals surface area (Å²) in [6, 6.07) is 19.4. The molecule has 0 fully saturated rings. The lowest BCUT2D eigenvalue weighted by Crippen LogP contribution is -2.48. The van der Waals surface area contributed by atoms with E-state index in [0.29, 0.717) is 62.4 Å². The van der Waals surface area contributed by atoms with E-state index < -0.39 is 5.91 Å². The quantitative estimate of drug-likeness (QED) is 0.424. The van der Waals surface area contributed by atoms with Crippen LogP contribution in [0.5, 0.6) is 11.5 Å². The third kappa shape index (κ3) is 4.83. The van der Waals surface area contributed by atoms with Crippen LogP contribution in [0, 0.1) is 0 Å². The summed E-state index contributed by atoms with van der Waals surface area (Å²) in [5, 5.41) is 1.64. The van der Waals surface area contributed by atoms with Crippen molar-refractivity contribution in [1.82, 2.24) is 4.90 Å². The number of carbonyl (C=O) groups is 1. The highest BCUT2D eigenvalue weighted by Crippen LogP contribution is 2.41. The maximum Gasteiger partial charge on any atom is 0.250 e. The Morgan fingerprint density at radius 2 is 1.54 bits per heavy atom. The molecule has 3 aromatic carbocycles. The van der Waals surface area contributed by atoms with Crippen LogP contribution in [0.15, 0.2) is 65.7 Å². The van der Waals surface area contributed by atoms with Crippen molar-refractivity contribution in [2.45, 2.75) is 6.54 Å². The van der Waals surface area contributed by atoms with Crippen LogP contribution in [0.2, 0.25) is 0 Å². The van der Waals surface area contributed by atoms with Gasteiger partial charge in [-0.1, -0.05) is 30.3 Å². The monoisotopic (exact) mass is 502 g/mol. The molecule has 5 rings (SSSR count). The summed E-state index contributed by atoms with van der Waals surface area (Å²) in [4.78, 5) is 21.6. The van der Waals surface area contributed by atoms with Gasteiger partial charge in [0.1, 0.15) is 25.7 Å². The number of ether oxygens (including phenoxy) is 4. The number of para-hydroxylation sites is 2. The number of carbonyl (C=O) groups excluding carboxylic acids is 1. The number of amides is 1. The Morgan fingerprint density at radius 3 is 2.24 bits per heavy atom. The Bertz CT molecular complexity index is 1420. The minimum Gasteiger partial charge on any atom is -0.487 e. The zero-order valence-electron chi connectivity index (χ0n) is 21.0. The summed E-state index contributed by atoms with van der Waals surface area (Å²) in [5.74, 6) is 1.58.